The zero-order valence-electron chi connectivity index (χ0n) is 15.2. The van der Waals surface area contributed by atoms with Crippen molar-refractivity contribution in [1.29, 1.82) is 0 Å². The normalized spacial score (nSPS) is 15.1. The Bertz CT molecular complexity index is 1010. The molecule has 1 aliphatic heterocycles. The van der Waals surface area contributed by atoms with Crippen molar-refractivity contribution < 1.29 is 14.6 Å². The molecule has 2 aromatic carbocycles. The highest BCUT2D eigenvalue weighted by atomic mass is 16.6. The van der Waals surface area contributed by atoms with E-state index >= 15 is 0 Å². The van der Waals surface area contributed by atoms with Crippen LogP contribution in [0, 0.1) is 20.2 Å². The second-order valence-corrected chi connectivity index (χ2v) is 6.24. The van der Waals surface area contributed by atoms with Crippen LogP contribution in [-0.2, 0) is 0 Å². The zero-order valence-corrected chi connectivity index (χ0v) is 15.2. The number of aliphatic imine (C=N–C) groups is 1. The molecule has 2 aromatic rings. The molecule has 12 nitrogen and oxygen atoms in total. The molecule has 0 aliphatic carbocycles. The molecule has 150 valence electrons. The Labute approximate surface area is 164 Å². The van der Waals surface area contributed by atoms with Gasteiger partial charge in [0, 0.05) is 18.5 Å². The van der Waals surface area contributed by atoms with E-state index in [4.69, 9.17) is 0 Å². The van der Waals surface area contributed by atoms with Crippen molar-refractivity contribution in [3.8, 4) is 0 Å². The van der Waals surface area contributed by atoms with Gasteiger partial charge in [0.15, 0.2) is 0 Å². The SMILES string of the molecule is CC1CC(NNC(=O)Nc2ccc([N+](=O)[O-])cc2[N+](=O)[O-])=Nc2ccccc2N1. The highest BCUT2D eigenvalue weighted by Crippen LogP contribution is 2.29. The fourth-order valence-corrected chi connectivity index (χ4v) is 2.74. The van der Waals surface area contributed by atoms with E-state index in [9.17, 15) is 25.0 Å². The third-order valence-electron chi connectivity index (χ3n) is 4.02. The van der Waals surface area contributed by atoms with Crippen molar-refractivity contribution in [2.24, 2.45) is 4.99 Å². The van der Waals surface area contributed by atoms with Gasteiger partial charge < -0.3 is 10.6 Å². The van der Waals surface area contributed by atoms with Gasteiger partial charge in [0.25, 0.3) is 11.4 Å². The molecular formula is C17H17N7O5. The van der Waals surface area contributed by atoms with Crippen LogP contribution in [0.1, 0.15) is 13.3 Å². The lowest BCUT2D eigenvalue weighted by Gasteiger charge is -2.14. The minimum Gasteiger partial charge on any atom is -0.380 e. The smallest absolute Gasteiger partial charge is 0.338 e. The molecule has 0 saturated heterocycles. The van der Waals surface area contributed by atoms with E-state index in [1.807, 2.05) is 31.2 Å². The summed E-state index contributed by atoms with van der Waals surface area (Å²) >= 11 is 0. The molecule has 2 amide bonds. The summed E-state index contributed by atoms with van der Waals surface area (Å²) in [5.74, 6) is 0.489. The van der Waals surface area contributed by atoms with Crippen molar-refractivity contribution >= 4 is 40.3 Å². The van der Waals surface area contributed by atoms with Gasteiger partial charge in [-0.2, -0.15) is 0 Å². The van der Waals surface area contributed by atoms with Crippen molar-refractivity contribution in [1.82, 2.24) is 10.9 Å². The first-order chi connectivity index (χ1) is 13.8. The number of amidine groups is 1. The number of anilines is 2. The molecule has 0 radical (unpaired) electrons. The first-order valence-corrected chi connectivity index (χ1v) is 8.52. The fraction of sp³-hybridized carbons (Fsp3) is 0.176. The predicted molar refractivity (Wildman–Crippen MR) is 106 cm³/mol. The van der Waals surface area contributed by atoms with Gasteiger partial charge in [0.05, 0.1) is 27.3 Å². The molecule has 12 heteroatoms. The standard InChI is InChI=1S/C17H17N7O5/c1-10-8-16(19-13-5-3-2-4-12(13)18-10)21-22-17(25)20-14-7-6-11(23(26)27)9-15(14)24(28)29/h2-7,9-10,18H,8H2,1H3,(H,19,21)(H2,20,22,25). The molecule has 29 heavy (non-hydrogen) atoms. The molecule has 3 rings (SSSR count). The van der Waals surface area contributed by atoms with E-state index in [1.54, 1.807) is 0 Å². The van der Waals surface area contributed by atoms with Crippen molar-refractivity contribution in [3.63, 3.8) is 0 Å². The molecular weight excluding hydrogens is 382 g/mol. The Morgan fingerprint density at radius 2 is 1.93 bits per heavy atom. The van der Waals surface area contributed by atoms with Crippen molar-refractivity contribution in [3.05, 3.63) is 62.7 Å². The highest BCUT2D eigenvalue weighted by Gasteiger charge is 2.21. The quantitative estimate of drug-likeness (QED) is 0.455. The summed E-state index contributed by atoms with van der Waals surface area (Å²) in [4.78, 5) is 37.0. The number of rotatable bonds is 3. The van der Waals surface area contributed by atoms with E-state index in [-0.39, 0.29) is 11.7 Å². The molecule has 0 spiro atoms. The predicted octanol–water partition coefficient (Wildman–Crippen LogP) is 3.06. The maximum absolute atomic E-state index is 12.1. The lowest BCUT2D eigenvalue weighted by molar-refractivity contribution is -0.393. The summed E-state index contributed by atoms with van der Waals surface area (Å²) in [5.41, 5.74) is 5.42. The number of benzene rings is 2. The van der Waals surface area contributed by atoms with Crippen molar-refractivity contribution in [2.75, 3.05) is 10.6 Å². The number of hydrogen-bond donors (Lipinski definition) is 4. The van der Waals surface area contributed by atoms with Crippen molar-refractivity contribution in [2.45, 2.75) is 19.4 Å². The van der Waals surface area contributed by atoms with E-state index in [0.717, 1.165) is 23.9 Å². The van der Waals surface area contributed by atoms with Gasteiger partial charge in [-0.05, 0) is 25.1 Å². The molecule has 1 unspecified atom stereocenters. The van der Waals surface area contributed by atoms with Gasteiger partial charge in [0.1, 0.15) is 11.5 Å². The Balaban J connectivity index is 1.70. The molecule has 0 saturated carbocycles. The monoisotopic (exact) mass is 399 g/mol. The largest absolute Gasteiger partial charge is 0.380 e. The fourth-order valence-electron chi connectivity index (χ4n) is 2.74. The average molecular weight is 399 g/mol. The summed E-state index contributed by atoms with van der Waals surface area (Å²) in [7, 11) is 0. The van der Waals surface area contributed by atoms with Crippen LogP contribution in [0.4, 0.5) is 33.2 Å². The molecule has 1 heterocycles. The lowest BCUT2D eigenvalue weighted by atomic mass is 10.2. The van der Waals surface area contributed by atoms with Crippen LogP contribution in [0.3, 0.4) is 0 Å². The maximum Gasteiger partial charge on any atom is 0.338 e. The number of carbonyl (C=O) groups is 1. The van der Waals surface area contributed by atoms with Crippen LogP contribution in [0.2, 0.25) is 0 Å². The van der Waals surface area contributed by atoms with Crippen LogP contribution in [0.15, 0.2) is 47.5 Å². The van der Waals surface area contributed by atoms with E-state index in [2.05, 4.69) is 26.5 Å². The van der Waals surface area contributed by atoms with Crippen LogP contribution < -0.4 is 21.5 Å². The Hall–Kier alpha value is -4.22. The minimum absolute atomic E-state index is 0.0468. The van der Waals surface area contributed by atoms with Crippen LogP contribution in [-0.4, -0.2) is 27.8 Å². The van der Waals surface area contributed by atoms with Gasteiger partial charge >= 0.3 is 6.03 Å². The first-order valence-electron chi connectivity index (χ1n) is 8.52. The van der Waals surface area contributed by atoms with E-state index in [1.165, 1.54) is 0 Å². The molecule has 0 bridgehead atoms. The Kier molecular flexibility index (Phi) is 5.53. The lowest BCUT2D eigenvalue weighted by Crippen LogP contribution is -2.45. The number of nitrogens with one attached hydrogen (secondary N) is 4. The number of urea groups is 1. The number of amides is 2. The number of carbonyl (C=O) groups excluding carboxylic acids is 1. The molecule has 0 fully saturated rings. The van der Waals surface area contributed by atoms with Gasteiger partial charge in [0.2, 0.25) is 0 Å². The van der Waals surface area contributed by atoms with Gasteiger partial charge in [-0.1, -0.05) is 12.1 Å². The minimum atomic E-state index is -0.810. The number of fused-ring (bicyclic) bond motifs is 1. The number of para-hydroxylation sites is 2. The number of nitrogens with zero attached hydrogens (tertiary/aromatic N) is 3. The molecule has 1 atom stereocenters. The first kappa shape index (κ1) is 19.5. The third-order valence-corrected chi connectivity index (χ3v) is 4.02. The molecule has 4 N–H and O–H groups in total. The maximum atomic E-state index is 12.1. The van der Waals surface area contributed by atoms with Crippen LogP contribution >= 0.6 is 0 Å². The summed E-state index contributed by atoms with van der Waals surface area (Å²) in [6.45, 7) is 1.96. The summed E-state index contributed by atoms with van der Waals surface area (Å²) in [6, 6.07) is 9.64. The second kappa shape index (κ2) is 8.21. The number of nitro groups is 2. The topological polar surface area (TPSA) is 164 Å². The van der Waals surface area contributed by atoms with Gasteiger partial charge in [-0.15, -0.1) is 0 Å². The number of non-ortho nitro benzene ring substituents is 1. The Morgan fingerprint density at radius 3 is 2.66 bits per heavy atom. The van der Waals surface area contributed by atoms with Gasteiger partial charge in [-0.3, -0.25) is 31.1 Å². The third kappa shape index (κ3) is 4.74. The van der Waals surface area contributed by atoms with E-state index < -0.39 is 27.3 Å². The molecule has 0 aromatic heterocycles. The Morgan fingerprint density at radius 1 is 1.17 bits per heavy atom. The van der Waals surface area contributed by atoms with Crippen LogP contribution in [0.25, 0.3) is 0 Å². The zero-order chi connectivity index (χ0) is 21.0. The summed E-state index contributed by atoms with van der Waals surface area (Å²) < 4.78 is 0. The van der Waals surface area contributed by atoms with Gasteiger partial charge in [-0.25, -0.2) is 9.79 Å². The number of hydrazine groups is 1. The number of hydrogen-bond acceptors (Lipinski definition) is 8. The van der Waals surface area contributed by atoms with Crippen LogP contribution in [0.5, 0.6) is 0 Å². The van der Waals surface area contributed by atoms with E-state index in [0.29, 0.717) is 17.9 Å². The summed E-state index contributed by atoms with van der Waals surface area (Å²) in [6.07, 6.45) is 0.493. The molecule has 1 aliphatic rings. The average Bonchev–Trinajstić information content (AvgIpc) is 2.83. The summed E-state index contributed by atoms with van der Waals surface area (Å²) in [5, 5.41) is 27.5. The highest BCUT2D eigenvalue weighted by molar-refractivity contribution is 5.95. The second-order valence-electron chi connectivity index (χ2n) is 6.24. The number of nitro benzene ring substituents is 2.